The van der Waals surface area contributed by atoms with Crippen molar-refractivity contribution in [1.82, 2.24) is 10.2 Å². The van der Waals surface area contributed by atoms with E-state index in [9.17, 15) is 9.90 Å². The van der Waals surface area contributed by atoms with Gasteiger partial charge in [0.25, 0.3) is 0 Å². The third-order valence-corrected chi connectivity index (χ3v) is 3.92. The number of rotatable bonds is 2. The van der Waals surface area contributed by atoms with Crippen molar-refractivity contribution >= 4 is 5.97 Å². The van der Waals surface area contributed by atoms with Crippen molar-refractivity contribution in [3.8, 4) is 17.0 Å². The van der Waals surface area contributed by atoms with E-state index in [1.165, 1.54) is 11.6 Å². The highest BCUT2D eigenvalue weighted by Crippen LogP contribution is 2.39. The fourth-order valence-corrected chi connectivity index (χ4v) is 2.98. The number of fused-ring (bicyclic) bond motifs is 1. The van der Waals surface area contributed by atoms with Crippen LogP contribution in [0.5, 0.6) is 5.75 Å². The quantitative estimate of drug-likeness (QED) is 0.784. The molecule has 0 radical (unpaired) electrons. The molecular weight excluding hydrogens is 256 g/mol. The van der Waals surface area contributed by atoms with Gasteiger partial charge in [-0.15, -0.1) is 0 Å². The van der Waals surface area contributed by atoms with Crippen molar-refractivity contribution in [2.45, 2.75) is 32.6 Å². The number of aromatic amines is 1. The van der Waals surface area contributed by atoms with E-state index >= 15 is 0 Å². The summed E-state index contributed by atoms with van der Waals surface area (Å²) in [5, 5.41) is 25.7. The molecule has 1 aromatic heterocycles. The summed E-state index contributed by atoms with van der Waals surface area (Å²) in [6.45, 7) is 2.00. The molecule has 0 saturated carbocycles. The molecule has 0 aliphatic heterocycles. The third-order valence-electron chi connectivity index (χ3n) is 3.92. The molecule has 2 aromatic rings. The molecule has 5 nitrogen and oxygen atoms in total. The fourth-order valence-electron chi connectivity index (χ4n) is 2.98. The van der Waals surface area contributed by atoms with E-state index in [2.05, 4.69) is 10.2 Å². The molecule has 1 heterocycles. The maximum atomic E-state index is 10.9. The van der Waals surface area contributed by atoms with Crippen molar-refractivity contribution in [2.75, 3.05) is 0 Å². The van der Waals surface area contributed by atoms with Crippen LogP contribution in [0.15, 0.2) is 12.1 Å². The minimum atomic E-state index is -1.05. The Morgan fingerprint density at radius 2 is 1.95 bits per heavy atom. The number of hydrogen-bond acceptors (Lipinski definition) is 3. The summed E-state index contributed by atoms with van der Waals surface area (Å²) in [4.78, 5) is 10.9. The number of aromatic nitrogens is 2. The standard InChI is InChI=1S/C15H16N2O3/c1-8-6-13(18)14(10-5-3-2-4-9(8)10)11-7-12(15(19)20)17-16-11/h6-7,18H,2-5H2,1H3,(H,16,17)(H,19,20). The zero-order valence-corrected chi connectivity index (χ0v) is 11.2. The molecular formula is C15H16N2O3. The Hall–Kier alpha value is -2.30. The Morgan fingerprint density at radius 1 is 1.25 bits per heavy atom. The average molecular weight is 272 g/mol. The topological polar surface area (TPSA) is 86.2 Å². The molecule has 20 heavy (non-hydrogen) atoms. The number of aromatic carboxylic acids is 1. The molecule has 0 atom stereocenters. The molecule has 1 aliphatic carbocycles. The minimum Gasteiger partial charge on any atom is -0.507 e. The van der Waals surface area contributed by atoms with Gasteiger partial charge in [0.05, 0.1) is 5.69 Å². The summed E-state index contributed by atoms with van der Waals surface area (Å²) < 4.78 is 0. The van der Waals surface area contributed by atoms with E-state index in [1.54, 1.807) is 6.07 Å². The Kier molecular flexibility index (Phi) is 2.97. The number of hydrogen-bond donors (Lipinski definition) is 3. The summed E-state index contributed by atoms with van der Waals surface area (Å²) in [6, 6.07) is 3.22. The zero-order chi connectivity index (χ0) is 14.3. The predicted octanol–water partition coefficient (Wildman–Crippen LogP) is 2.67. The van der Waals surface area contributed by atoms with Gasteiger partial charge in [-0.2, -0.15) is 5.10 Å². The summed E-state index contributed by atoms with van der Waals surface area (Å²) in [7, 11) is 0. The largest absolute Gasteiger partial charge is 0.507 e. The van der Waals surface area contributed by atoms with Gasteiger partial charge in [-0.05, 0) is 61.4 Å². The molecule has 5 heteroatoms. The Morgan fingerprint density at radius 3 is 2.60 bits per heavy atom. The summed E-state index contributed by atoms with van der Waals surface area (Å²) in [6.07, 6.45) is 4.14. The number of carboxylic acid groups (broad SMARTS) is 1. The van der Waals surface area contributed by atoms with Crippen LogP contribution in [0.2, 0.25) is 0 Å². The van der Waals surface area contributed by atoms with Crippen molar-refractivity contribution < 1.29 is 15.0 Å². The van der Waals surface area contributed by atoms with Gasteiger partial charge in [0.15, 0.2) is 0 Å². The van der Waals surface area contributed by atoms with Crippen LogP contribution in [-0.2, 0) is 12.8 Å². The smallest absolute Gasteiger partial charge is 0.353 e. The van der Waals surface area contributed by atoms with Crippen LogP contribution >= 0.6 is 0 Å². The van der Waals surface area contributed by atoms with Gasteiger partial charge in [0.1, 0.15) is 11.4 Å². The molecule has 0 saturated heterocycles. The van der Waals surface area contributed by atoms with E-state index in [-0.39, 0.29) is 11.4 Å². The van der Waals surface area contributed by atoms with Crippen LogP contribution in [0, 0.1) is 6.92 Å². The lowest BCUT2D eigenvalue weighted by molar-refractivity contribution is 0.0690. The lowest BCUT2D eigenvalue weighted by Crippen LogP contribution is -2.07. The van der Waals surface area contributed by atoms with Crippen molar-refractivity contribution in [3.05, 3.63) is 34.5 Å². The number of carboxylic acids is 1. The summed E-state index contributed by atoms with van der Waals surface area (Å²) >= 11 is 0. The normalized spacial score (nSPS) is 14.1. The summed E-state index contributed by atoms with van der Waals surface area (Å²) in [5.74, 6) is -0.879. The van der Waals surface area contributed by atoms with Crippen LogP contribution in [-0.4, -0.2) is 26.4 Å². The van der Waals surface area contributed by atoms with Crippen molar-refractivity contribution in [3.63, 3.8) is 0 Å². The third kappa shape index (κ3) is 1.95. The Bertz CT molecular complexity index is 689. The maximum absolute atomic E-state index is 10.9. The van der Waals surface area contributed by atoms with Gasteiger partial charge >= 0.3 is 5.97 Å². The summed E-state index contributed by atoms with van der Waals surface area (Å²) in [5.41, 5.74) is 4.67. The van der Waals surface area contributed by atoms with E-state index in [0.29, 0.717) is 11.3 Å². The van der Waals surface area contributed by atoms with E-state index in [1.807, 2.05) is 6.92 Å². The Balaban J connectivity index is 2.19. The Labute approximate surface area is 116 Å². The van der Waals surface area contributed by atoms with Gasteiger partial charge in [-0.1, -0.05) is 0 Å². The number of phenols is 1. The number of aromatic hydroxyl groups is 1. The minimum absolute atomic E-state index is 0.0320. The van der Waals surface area contributed by atoms with E-state index in [0.717, 1.165) is 36.8 Å². The highest BCUT2D eigenvalue weighted by atomic mass is 16.4. The van der Waals surface area contributed by atoms with Crippen LogP contribution < -0.4 is 0 Å². The highest BCUT2D eigenvalue weighted by Gasteiger charge is 2.22. The highest BCUT2D eigenvalue weighted by molar-refractivity contribution is 5.87. The number of nitrogens with zero attached hydrogens (tertiary/aromatic N) is 1. The van der Waals surface area contributed by atoms with Gasteiger partial charge in [0.2, 0.25) is 0 Å². The number of H-pyrrole nitrogens is 1. The van der Waals surface area contributed by atoms with Crippen LogP contribution in [0.4, 0.5) is 0 Å². The SMILES string of the molecule is Cc1cc(O)c(-c2cc(C(=O)O)[nH]n2)c2c1CCCC2. The molecule has 104 valence electrons. The number of carbonyl (C=O) groups is 1. The number of nitrogens with one attached hydrogen (secondary N) is 1. The molecule has 1 aromatic carbocycles. The predicted molar refractivity (Wildman–Crippen MR) is 74.0 cm³/mol. The van der Waals surface area contributed by atoms with E-state index in [4.69, 9.17) is 5.11 Å². The van der Waals surface area contributed by atoms with E-state index < -0.39 is 5.97 Å². The molecule has 0 unspecified atom stereocenters. The monoisotopic (exact) mass is 272 g/mol. The molecule has 0 amide bonds. The maximum Gasteiger partial charge on any atom is 0.353 e. The lowest BCUT2D eigenvalue weighted by atomic mass is 9.84. The number of aryl methyl sites for hydroxylation is 1. The first-order valence-corrected chi connectivity index (χ1v) is 6.71. The second-order valence-electron chi connectivity index (χ2n) is 5.22. The molecule has 3 N–H and O–H groups in total. The molecule has 0 spiro atoms. The molecule has 0 fully saturated rings. The van der Waals surface area contributed by atoms with Gasteiger partial charge < -0.3 is 10.2 Å². The fraction of sp³-hybridized carbons (Fsp3) is 0.333. The second-order valence-corrected chi connectivity index (χ2v) is 5.22. The van der Waals surface area contributed by atoms with Gasteiger partial charge in [-0.25, -0.2) is 4.79 Å². The van der Waals surface area contributed by atoms with Crippen LogP contribution in [0.3, 0.4) is 0 Å². The first kappa shape index (κ1) is 12.7. The van der Waals surface area contributed by atoms with Crippen molar-refractivity contribution in [2.24, 2.45) is 0 Å². The number of benzene rings is 1. The second kappa shape index (κ2) is 4.67. The van der Waals surface area contributed by atoms with Crippen LogP contribution in [0.25, 0.3) is 11.3 Å². The molecule has 0 bridgehead atoms. The first-order valence-electron chi connectivity index (χ1n) is 6.71. The van der Waals surface area contributed by atoms with Crippen molar-refractivity contribution in [1.29, 1.82) is 0 Å². The first-order chi connectivity index (χ1) is 9.58. The number of phenolic OH excluding ortho intramolecular Hbond substituents is 1. The molecule has 1 aliphatic rings. The lowest BCUT2D eigenvalue weighted by Gasteiger charge is -2.21. The average Bonchev–Trinajstić information content (AvgIpc) is 2.88. The van der Waals surface area contributed by atoms with Gasteiger partial charge in [-0.3, -0.25) is 5.10 Å². The zero-order valence-electron chi connectivity index (χ0n) is 11.2. The van der Waals surface area contributed by atoms with Gasteiger partial charge in [0, 0.05) is 5.56 Å². The molecule has 3 rings (SSSR count). The van der Waals surface area contributed by atoms with Crippen LogP contribution in [0.1, 0.15) is 40.0 Å².